The van der Waals surface area contributed by atoms with Crippen LogP contribution in [0.3, 0.4) is 0 Å². The number of hydrogen-bond donors (Lipinski definition) is 0. The minimum Gasteiger partial charge on any atom is -0.258 e. The van der Waals surface area contributed by atoms with E-state index in [-0.39, 0.29) is 5.69 Å². The molecule has 0 saturated carbocycles. The summed E-state index contributed by atoms with van der Waals surface area (Å²) in [5, 5.41) is 10.4. The quantitative estimate of drug-likeness (QED) is 0.388. The van der Waals surface area contributed by atoms with Gasteiger partial charge in [0, 0.05) is 24.5 Å². The maximum Gasteiger partial charge on any atom is 0.271 e. The van der Waals surface area contributed by atoms with E-state index in [2.05, 4.69) is 58.5 Å². The van der Waals surface area contributed by atoms with Crippen LogP contribution in [0.1, 0.15) is 0 Å². The number of rotatable bonds is 2. The van der Waals surface area contributed by atoms with E-state index < -0.39 is 4.92 Å². The Morgan fingerprint density at radius 2 is 1.20 bits per heavy atom. The second-order valence-electron chi connectivity index (χ2n) is 5.22. The van der Waals surface area contributed by atoms with Crippen molar-refractivity contribution in [2.75, 3.05) is 0 Å². The van der Waals surface area contributed by atoms with Gasteiger partial charge < -0.3 is 0 Å². The Bertz CT molecular complexity index is 936. The maximum atomic E-state index is 10.4. The zero-order valence-electron chi connectivity index (χ0n) is 13.3. The molecule has 0 bridgehead atoms. The molecule has 0 aliphatic rings. The van der Waals surface area contributed by atoms with Crippen LogP contribution >= 0.6 is 0 Å². The molecule has 25 heavy (non-hydrogen) atoms. The first-order valence-corrected chi connectivity index (χ1v) is 7.70. The maximum absolute atomic E-state index is 10.4. The van der Waals surface area contributed by atoms with Crippen molar-refractivity contribution in [3.63, 3.8) is 0 Å². The fourth-order valence-corrected chi connectivity index (χ4v) is 2.33. The number of hydrogen-bond acceptors (Lipinski definition) is 4. The monoisotopic (exact) mass is 329 g/mol. The van der Waals surface area contributed by atoms with Crippen molar-refractivity contribution in [2.24, 2.45) is 0 Å². The SMILES string of the molecule is O=[N+]([O-])c1ccc2nccnc2c1.c1ccc(-c2ccccc2)cc1. The summed E-state index contributed by atoms with van der Waals surface area (Å²) >= 11 is 0. The summed E-state index contributed by atoms with van der Waals surface area (Å²) < 4.78 is 0. The van der Waals surface area contributed by atoms with E-state index in [1.165, 1.54) is 29.5 Å². The van der Waals surface area contributed by atoms with Gasteiger partial charge >= 0.3 is 0 Å². The fraction of sp³-hybridized carbons (Fsp3) is 0. The largest absolute Gasteiger partial charge is 0.271 e. The van der Waals surface area contributed by atoms with E-state index >= 15 is 0 Å². The van der Waals surface area contributed by atoms with Gasteiger partial charge in [0.2, 0.25) is 0 Å². The molecule has 0 saturated heterocycles. The van der Waals surface area contributed by atoms with Gasteiger partial charge in [-0.2, -0.15) is 0 Å². The molecule has 5 nitrogen and oxygen atoms in total. The minimum atomic E-state index is -0.450. The molecule has 3 aromatic carbocycles. The van der Waals surface area contributed by atoms with Crippen molar-refractivity contribution >= 4 is 16.7 Å². The van der Waals surface area contributed by atoms with Gasteiger partial charge in [-0.05, 0) is 17.2 Å². The Morgan fingerprint density at radius 3 is 1.72 bits per heavy atom. The molecule has 0 amide bonds. The molecule has 1 aromatic heterocycles. The second-order valence-corrected chi connectivity index (χ2v) is 5.22. The van der Waals surface area contributed by atoms with Crippen LogP contribution in [0.15, 0.2) is 91.3 Å². The summed E-state index contributed by atoms with van der Waals surface area (Å²) in [5.74, 6) is 0. The highest BCUT2D eigenvalue weighted by molar-refractivity contribution is 5.76. The molecule has 4 rings (SSSR count). The lowest BCUT2D eigenvalue weighted by Gasteiger charge is -1.98. The fourth-order valence-electron chi connectivity index (χ4n) is 2.33. The average molecular weight is 329 g/mol. The molecule has 0 N–H and O–H groups in total. The first-order valence-electron chi connectivity index (χ1n) is 7.70. The first-order chi connectivity index (χ1) is 12.2. The molecule has 0 atom stereocenters. The van der Waals surface area contributed by atoms with Gasteiger partial charge in [0.1, 0.15) is 0 Å². The molecule has 0 radical (unpaired) electrons. The van der Waals surface area contributed by atoms with Gasteiger partial charge in [0.15, 0.2) is 0 Å². The van der Waals surface area contributed by atoms with Crippen LogP contribution in [0.25, 0.3) is 22.2 Å². The van der Waals surface area contributed by atoms with E-state index in [1.807, 2.05) is 12.1 Å². The van der Waals surface area contributed by atoms with Crippen LogP contribution in [-0.4, -0.2) is 14.9 Å². The van der Waals surface area contributed by atoms with Crippen molar-refractivity contribution in [3.8, 4) is 11.1 Å². The van der Waals surface area contributed by atoms with Gasteiger partial charge in [-0.3, -0.25) is 20.1 Å². The Kier molecular flexibility index (Phi) is 5.07. The highest BCUT2D eigenvalue weighted by atomic mass is 16.6. The predicted octanol–water partition coefficient (Wildman–Crippen LogP) is 4.89. The first kappa shape index (κ1) is 16.3. The normalized spacial score (nSPS) is 9.92. The molecule has 0 aliphatic heterocycles. The summed E-state index contributed by atoms with van der Waals surface area (Å²) in [7, 11) is 0. The summed E-state index contributed by atoms with van der Waals surface area (Å²) in [6.07, 6.45) is 3.06. The second kappa shape index (κ2) is 7.79. The van der Waals surface area contributed by atoms with Crippen molar-refractivity contribution < 1.29 is 4.92 Å². The number of nitro benzene ring substituents is 1. The summed E-state index contributed by atoms with van der Waals surface area (Å²) in [6, 6.07) is 25.2. The molecule has 4 aromatic rings. The van der Waals surface area contributed by atoms with Crippen molar-refractivity contribution in [1.82, 2.24) is 9.97 Å². The molecular formula is C20H15N3O2. The number of aromatic nitrogens is 2. The lowest BCUT2D eigenvalue weighted by Crippen LogP contribution is -1.89. The topological polar surface area (TPSA) is 68.9 Å². The van der Waals surface area contributed by atoms with Crippen LogP contribution in [0.5, 0.6) is 0 Å². The van der Waals surface area contributed by atoms with Crippen molar-refractivity contribution in [2.45, 2.75) is 0 Å². The van der Waals surface area contributed by atoms with E-state index in [1.54, 1.807) is 12.3 Å². The Morgan fingerprint density at radius 1 is 0.680 bits per heavy atom. The minimum absolute atomic E-state index is 0.0352. The smallest absolute Gasteiger partial charge is 0.258 e. The molecule has 0 aliphatic carbocycles. The number of benzene rings is 3. The van der Waals surface area contributed by atoms with E-state index in [4.69, 9.17) is 0 Å². The molecule has 0 fully saturated rings. The molecule has 1 heterocycles. The number of nitrogens with zero attached hydrogens (tertiary/aromatic N) is 3. The molecular weight excluding hydrogens is 314 g/mol. The lowest BCUT2D eigenvalue weighted by atomic mass is 10.1. The van der Waals surface area contributed by atoms with Gasteiger partial charge in [-0.1, -0.05) is 60.7 Å². The van der Waals surface area contributed by atoms with Gasteiger partial charge in [-0.25, -0.2) is 0 Å². The number of nitro groups is 1. The Labute approximate surface area is 144 Å². The number of non-ortho nitro benzene ring substituents is 1. The third kappa shape index (κ3) is 4.23. The average Bonchev–Trinajstić information content (AvgIpc) is 2.69. The summed E-state index contributed by atoms with van der Waals surface area (Å²) in [4.78, 5) is 17.9. The van der Waals surface area contributed by atoms with Gasteiger partial charge in [0.05, 0.1) is 16.0 Å². The van der Waals surface area contributed by atoms with Gasteiger partial charge in [-0.15, -0.1) is 0 Å². The molecule has 0 spiro atoms. The zero-order chi connectivity index (χ0) is 17.5. The van der Waals surface area contributed by atoms with E-state index in [9.17, 15) is 10.1 Å². The zero-order valence-corrected chi connectivity index (χ0v) is 13.3. The third-order valence-electron chi connectivity index (χ3n) is 3.54. The summed E-state index contributed by atoms with van der Waals surface area (Å²) in [6.45, 7) is 0. The molecule has 0 unspecified atom stereocenters. The van der Waals surface area contributed by atoms with Crippen LogP contribution in [0.2, 0.25) is 0 Å². The molecule has 5 heteroatoms. The standard InChI is InChI=1S/C12H10.C8H5N3O2/c1-3-7-11(8-4-1)12-9-5-2-6-10-12;12-11(13)6-1-2-7-8(5-6)10-4-3-9-7/h1-10H;1-5H. The van der Waals surface area contributed by atoms with Crippen molar-refractivity contribution in [3.05, 3.63) is 101 Å². The van der Waals surface area contributed by atoms with Gasteiger partial charge in [0.25, 0.3) is 5.69 Å². The lowest BCUT2D eigenvalue weighted by molar-refractivity contribution is -0.384. The number of fused-ring (bicyclic) bond motifs is 1. The van der Waals surface area contributed by atoms with Crippen LogP contribution in [-0.2, 0) is 0 Å². The van der Waals surface area contributed by atoms with Crippen molar-refractivity contribution in [1.29, 1.82) is 0 Å². The summed E-state index contributed by atoms with van der Waals surface area (Å²) in [5.41, 5.74) is 3.79. The highest BCUT2D eigenvalue weighted by Crippen LogP contribution is 2.17. The highest BCUT2D eigenvalue weighted by Gasteiger charge is 2.06. The molecule has 122 valence electrons. The van der Waals surface area contributed by atoms with Crippen LogP contribution in [0.4, 0.5) is 5.69 Å². The van der Waals surface area contributed by atoms with Crippen LogP contribution < -0.4 is 0 Å². The Balaban J connectivity index is 0.000000146. The Hall–Kier alpha value is -3.60. The predicted molar refractivity (Wildman–Crippen MR) is 98.1 cm³/mol. The van der Waals surface area contributed by atoms with E-state index in [0.29, 0.717) is 11.0 Å². The van der Waals surface area contributed by atoms with E-state index in [0.717, 1.165) is 0 Å². The van der Waals surface area contributed by atoms with Crippen LogP contribution in [0, 0.1) is 10.1 Å². The third-order valence-corrected chi connectivity index (χ3v) is 3.54.